The Bertz CT molecular complexity index is 148. The van der Waals surface area contributed by atoms with Gasteiger partial charge in [0.1, 0.15) is 0 Å². The molecule has 0 amide bonds. The summed E-state index contributed by atoms with van der Waals surface area (Å²) in [7, 11) is 0. The highest BCUT2D eigenvalue weighted by Crippen LogP contribution is 2.20. The molecule has 0 saturated carbocycles. The number of hydrogen-bond acceptors (Lipinski definition) is 2. The number of halogens is 3. The quantitative estimate of drug-likeness (QED) is 0.620. The Morgan fingerprint density at radius 1 is 1.13 bits per heavy atom. The molecule has 5 heteroatoms. The smallest absolute Gasteiger partial charge is 0.317 e. The summed E-state index contributed by atoms with van der Waals surface area (Å²) in [6.45, 7) is 7.14. The zero-order valence-corrected chi connectivity index (χ0v) is 9.45. The summed E-state index contributed by atoms with van der Waals surface area (Å²) in [5.74, 6) is 0.454. The van der Waals surface area contributed by atoms with Gasteiger partial charge in [0.25, 0.3) is 0 Å². The van der Waals surface area contributed by atoms with Crippen LogP contribution in [0.15, 0.2) is 0 Å². The van der Waals surface area contributed by atoms with E-state index in [0.29, 0.717) is 12.5 Å². The highest BCUT2D eigenvalue weighted by molar-refractivity contribution is 4.60. The third-order valence-corrected chi connectivity index (χ3v) is 2.05. The van der Waals surface area contributed by atoms with Crippen molar-refractivity contribution in [1.82, 2.24) is 10.6 Å². The highest BCUT2D eigenvalue weighted by Gasteiger charge is 2.25. The van der Waals surface area contributed by atoms with Crippen LogP contribution < -0.4 is 10.6 Å². The summed E-state index contributed by atoms with van der Waals surface area (Å²) in [4.78, 5) is 0. The Labute approximate surface area is 89.6 Å². The van der Waals surface area contributed by atoms with Crippen LogP contribution in [0, 0.1) is 5.92 Å². The summed E-state index contributed by atoms with van der Waals surface area (Å²) in [5, 5.41) is 6.22. The molecule has 0 rings (SSSR count). The van der Waals surface area contributed by atoms with E-state index in [4.69, 9.17) is 0 Å². The predicted octanol–water partition coefficient (Wildman–Crippen LogP) is 2.16. The molecule has 0 heterocycles. The first-order chi connectivity index (χ1) is 6.95. The van der Waals surface area contributed by atoms with E-state index in [0.717, 1.165) is 19.6 Å². The molecule has 0 radical (unpaired) electrons. The summed E-state index contributed by atoms with van der Waals surface area (Å²) in [6, 6.07) is 0. The lowest BCUT2D eigenvalue weighted by atomic mass is 10.2. The number of rotatable bonds is 8. The van der Waals surface area contributed by atoms with Crippen molar-refractivity contribution in [3.05, 3.63) is 0 Å². The fourth-order valence-corrected chi connectivity index (χ4v) is 1.23. The fraction of sp³-hybridized carbons (Fsp3) is 1.00. The minimum Gasteiger partial charge on any atom is -0.317 e. The Morgan fingerprint density at radius 2 is 1.73 bits per heavy atom. The Balaban J connectivity index is 3.23. The first-order valence-electron chi connectivity index (χ1n) is 5.44. The van der Waals surface area contributed by atoms with Crippen molar-refractivity contribution in [3.8, 4) is 0 Å². The normalized spacial score (nSPS) is 14.2. The first-order valence-corrected chi connectivity index (χ1v) is 5.44. The molecule has 2 N–H and O–H groups in total. The second-order valence-corrected chi connectivity index (χ2v) is 3.84. The Kier molecular flexibility index (Phi) is 7.78. The lowest BCUT2D eigenvalue weighted by molar-refractivity contribution is -0.135. The topological polar surface area (TPSA) is 24.1 Å². The van der Waals surface area contributed by atoms with Gasteiger partial charge in [-0.2, -0.15) is 13.2 Å². The molecule has 0 spiro atoms. The van der Waals surface area contributed by atoms with E-state index >= 15 is 0 Å². The van der Waals surface area contributed by atoms with Gasteiger partial charge in [0, 0.05) is 6.42 Å². The molecule has 0 aliphatic heterocycles. The van der Waals surface area contributed by atoms with Crippen LogP contribution in [-0.4, -0.2) is 32.4 Å². The predicted molar refractivity (Wildman–Crippen MR) is 55.9 cm³/mol. The van der Waals surface area contributed by atoms with Crippen LogP contribution in [0.25, 0.3) is 0 Å². The van der Waals surface area contributed by atoms with E-state index in [9.17, 15) is 13.2 Å². The fourth-order valence-electron chi connectivity index (χ4n) is 1.23. The molecule has 2 nitrogen and oxygen atoms in total. The third-order valence-electron chi connectivity index (χ3n) is 2.05. The Hall–Kier alpha value is -0.290. The van der Waals surface area contributed by atoms with Gasteiger partial charge in [-0.15, -0.1) is 0 Å². The van der Waals surface area contributed by atoms with E-state index in [1.54, 1.807) is 0 Å². The zero-order chi connectivity index (χ0) is 11.7. The van der Waals surface area contributed by atoms with Gasteiger partial charge in [-0.25, -0.2) is 0 Å². The number of nitrogens with one attached hydrogen (secondary N) is 2. The third kappa shape index (κ3) is 11.6. The van der Waals surface area contributed by atoms with Crippen LogP contribution in [0.3, 0.4) is 0 Å². The van der Waals surface area contributed by atoms with Crippen molar-refractivity contribution in [2.75, 3.05) is 26.2 Å². The van der Waals surface area contributed by atoms with Crippen molar-refractivity contribution in [3.63, 3.8) is 0 Å². The van der Waals surface area contributed by atoms with Gasteiger partial charge < -0.3 is 10.6 Å². The molecule has 1 atom stereocenters. The van der Waals surface area contributed by atoms with Crippen LogP contribution in [-0.2, 0) is 0 Å². The lowest BCUT2D eigenvalue weighted by Gasteiger charge is -2.13. The highest BCUT2D eigenvalue weighted by atomic mass is 19.4. The van der Waals surface area contributed by atoms with Gasteiger partial charge >= 0.3 is 6.18 Å². The van der Waals surface area contributed by atoms with E-state index in [1.807, 2.05) is 6.92 Å². The van der Waals surface area contributed by atoms with Crippen molar-refractivity contribution >= 4 is 0 Å². The van der Waals surface area contributed by atoms with Crippen LogP contribution in [0.5, 0.6) is 0 Å². The maximum atomic E-state index is 11.8. The van der Waals surface area contributed by atoms with Gasteiger partial charge in [-0.05, 0) is 38.5 Å². The molecule has 92 valence electrons. The molecule has 15 heavy (non-hydrogen) atoms. The van der Waals surface area contributed by atoms with Crippen LogP contribution in [0.1, 0.15) is 26.7 Å². The first kappa shape index (κ1) is 14.7. The van der Waals surface area contributed by atoms with Crippen LogP contribution in [0.2, 0.25) is 0 Å². The molecule has 1 unspecified atom stereocenters. The van der Waals surface area contributed by atoms with Gasteiger partial charge in [0.2, 0.25) is 0 Å². The Morgan fingerprint density at radius 3 is 2.27 bits per heavy atom. The monoisotopic (exact) mass is 226 g/mol. The second-order valence-electron chi connectivity index (χ2n) is 3.84. The van der Waals surface area contributed by atoms with Gasteiger partial charge in [-0.3, -0.25) is 0 Å². The molecule has 0 aliphatic rings. The molecule has 0 aromatic heterocycles. The van der Waals surface area contributed by atoms with Crippen molar-refractivity contribution in [2.24, 2.45) is 5.92 Å². The largest absolute Gasteiger partial charge is 0.389 e. The molecular weight excluding hydrogens is 205 g/mol. The standard InChI is InChI=1S/C10H21F3N2/c1-3-14-7-9(2)8-15-6-4-5-10(11,12)13/h9,14-15H,3-8H2,1-2H3. The zero-order valence-electron chi connectivity index (χ0n) is 9.45. The van der Waals surface area contributed by atoms with Gasteiger partial charge in [0.05, 0.1) is 0 Å². The van der Waals surface area contributed by atoms with E-state index in [1.165, 1.54) is 0 Å². The molecular formula is C10H21F3N2. The molecule has 0 saturated heterocycles. The maximum absolute atomic E-state index is 11.8. The van der Waals surface area contributed by atoms with E-state index in [2.05, 4.69) is 17.6 Å². The van der Waals surface area contributed by atoms with Crippen LogP contribution >= 0.6 is 0 Å². The van der Waals surface area contributed by atoms with Gasteiger partial charge in [-0.1, -0.05) is 13.8 Å². The molecule has 0 aromatic carbocycles. The van der Waals surface area contributed by atoms with Crippen molar-refractivity contribution in [2.45, 2.75) is 32.9 Å². The summed E-state index contributed by atoms with van der Waals surface area (Å²) in [6.07, 6.45) is -4.55. The number of alkyl halides is 3. The number of hydrogen-bond donors (Lipinski definition) is 2. The van der Waals surface area contributed by atoms with E-state index in [-0.39, 0.29) is 6.42 Å². The second kappa shape index (κ2) is 7.93. The maximum Gasteiger partial charge on any atom is 0.389 e. The average Bonchev–Trinajstić information content (AvgIpc) is 2.12. The SMILES string of the molecule is CCNCC(C)CNCCCC(F)(F)F. The summed E-state index contributed by atoms with van der Waals surface area (Å²) >= 11 is 0. The molecule has 0 aliphatic carbocycles. The molecule has 0 aromatic rings. The summed E-state index contributed by atoms with van der Waals surface area (Å²) in [5.41, 5.74) is 0. The molecule has 0 bridgehead atoms. The average molecular weight is 226 g/mol. The minimum absolute atomic E-state index is 0.164. The molecule has 0 fully saturated rings. The lowest BCUT2D eigenvalue weighted by Crippen LogP contribution is -2.30. The summed E-state index contributed by atoms with van der Waals surface area (Å²) < 4.78 is 35.3. The van der Waals surface area contributed by atoms with Crippen molar-refractivity contribution in [1.29, 1.82) is 0 Å². The van der Waals surface area contributed by atoms with Gasteiger partial charge in [0.15, 0.2) is 0 Å². The van der Waals surface area contributed by atoms with Crippen LogP contribution in [0.4, 0.5) is 13.2 Å². The van der Waals surface area contributed by atoms with E-state index < -0.39 is 12.6 Å². The van der Waals surface area contributed by atoms with Crippen molar-refractivity contribution < 1.29 is 13.2 Å². The minimum atomic E-state index is -4.02.